The summed E-state index contributed by atoms with van der Waals surface area (Å²) in [6.07, 6.45) is 0.411. The molecule has 0 aromatic heterocycles. The van der Waals surface area contributed by atoms with Gasteiger partial charge in [0.05, 0.1) is 0 Å². The molecule has 4 heteroatoms. The van der Waals surface area contributed by atoms with E-state index in [2.05, 4.69) is 19.2 Å². The van der Waals surface area contributed by atoms with Crippen molar-refractivity contribution in [3.05, 3.63) is 29.8 Å². The first-order chi connectivity index (χ1) is 9.15. The number of hydrogen-bond acceptors (Lipinski definition) is 3. The van der Waals surface area contributed by atoms with Crippen LogP contribution in [0.3, 0.4) is 0 Å². The van der Waals surface area contributed by atoms with Crippen LogP contribution in [0, 0.1) is 0 Å². The number of amides is 1. The molecule has 1 aromatic rings. The minimum Gasteiger partial charge on any atom is -0.444 e. The fourth-order valence-corrected chi connectivity index (χ4v) is 2.09. The van der Waals surface area contributed by atoms with Crippen LogP contribution in [0.5, 0.6) is 0 Å². The first-order valence-electron chi connectivity index (χ1n) is 6.95. The molecule has 0 saturated heterocycles. The summed E-state index contributed by atoms with van der Waals surface area (Å²) in [6, 6.07) is 7.77. The number of ether oxygens (including phenoxy) is 1. The summed E-state index contributed by atoms with van der Waals surface area (Å²) < 4.78 is 5.29. The van der Waals surface area contributed by atoms with Crippen molar-refractivity contribution < 1.29 is 9.53 Å². The highest BCUT2D eigenvalue weighted by Crippen LogP contribution is 2.32. The number of hydrogen-bond donors (Lipinski definition) is 2. The Kier molecular flexibility index (Phi) is 5.17. The van der Waals surface area contributed by atoms with E-state index in [-0.39, 0.29) is 5.41 Å². The predicted octanol–water partition coefficient (Wildman–Crippen LogP) is 3.66. The molecule has 3 N–H and O–H groups in total. The SMILES string of the molecule is CC(C)(C)OC(=O)Nc1ccccc1C(C)(C)CCN. The average molecular weight is 278 g/mol. The van der Waals surface area contributed by atoms with E-state index in [0.29, 0.717) is 6.54 Å². The molecule has 1 amide bonds. The molecule has 0 atom stereocenters. The number of carbonyl (C=O) groups excluding carboxylic acids is 1. The monoisotopic (exact) mass is 278 g/mol. The van der Waals surface area contributed by atoms with Crippen molar-refractivity contribution in [3.8, 4) is 0 Å². The number of para-hydroxylation sites is 1. The Labute approximate surface area is 121 Å². The quantitative estimate of drug-likeness (QED) is 0.883. The molecule has 1 rings (SSSR count). The van der Waals surface area contributed by atoms with Crippen LogP contribution in [0.15, 0.2) is 24.3 Å². The summed E-state index contributed by atoms with van der Waals surface area (Å²) >= 11 is 0. The Hall–Kier alpha value is -1.55. The van der Waals surface area contributed by atoms with Crippen molar-refractivity contribution in [1.82, 2.24) is 0 Å². The molecule has 112 valence electrons. The van der Waals surface area contributed by atoms with Crippen LogP contribution in [0.4, 0.5) is 10.5 Å². The lowest BCUT2D eigenvalue weighted by atomic mass is 9.80. The third-order valence-electron chi connectivity index (χ3n) is 3.06. The van der Waals surface area contributed by atoms with Crippen LogP contribution in [0.1, 0.15) is 46.6 Å². The van der Waals surface area contributed by atoms with Gasteiger partial charge in [-0.3, -0.25) is 5.32 Å². The van der Waals surface area contributed by atoms with Crippen LogP contribution in [0.2, 0.25) is 0 Å². The zero-order valence-electron chi connectivity index (χ0n) is 13.1. The molecule has 0 saturated carbocycles. The van der Waals surface area contributed by atoms with Crippen LogP contribution < -0.4 is 11.1 Å². The standard InChI is InChI=1S/C16H26N2O2/c1-15(2,3)20-14(19)18-13-9-7-6-8-12(13)16(4,5)10-11-17/h6-9H,10-11,17H2,1-5H3,(H,18,19). The number of nitrogens with one attached hydrogen (secondary N) is 1. The van der Waals surface area contributed by atoms with Gasteiger partial charge in [-0.05, 0) is 50.8 Å². The van der Waals surface area contributed by atoms with Crippen LogP contribution in [0.25, 0.3) is 0 Å². The molecule has 0 aliphatic heterocycles. The normalized spacial score (nSPS) is 12.1. The van der Waals surface area contributed by atoms with E-state index >= 15 is 0 Å². The highest BCUT2D eigenvalue weighted by Gasteiger charge is 2.24. The maximum Gasteiger partial charge on any atom is 0.412 e. The second-order valence-electron chi connectivity index (χ2n) is 6.60. The summed E-state index contributed by atoms with van der Waals surface area (Å²) in [5.41, 5.74) is 6.91. The summed E-state index contributed by atoms with van der Waals surface area (Å²) in [5, 5.41) is 2.83. The molecule has 0 heterocycles. The zero-order chi connectivity index (χ0) is 15.4. The lowest BCUT2D eigenvalue weighted by Crippen LogP contribution is -2.29. The van der Waals surface area contributed by atoms with Crippen molar-refractivity contribution in [2.45, 2.75) is 52.1 Å². The molecule has 20 heavy (non-hydrogen) atoms. The molecular formula is C16H26N2O2. The minimum atomic E-state index is -0.508. The van der Waals surface area contributed by atoms with E-state index in [1.54, 1.807) is 0 Å². The van der Waals surface area contributed by atoms with Gasteiger partial charge in [0.25, 0.3) is 0 Å². The summed E-state index contributed by atoms with van der Waals surface area (Å²) in [4.78, 5) is 11.9. The van der Waals surface area contributed by atoms with Gasteiger partial charge in [-0.1, -0.05) is 32.0 Å². The lowest BCUT2D eigenvalue weighted by molar-refractivity contribution is 0.0635. The first kappa shape index (κ1) is 16.5. The molecule has 0 aliphatic rings. The summed E-state index contributed by atoms with van der Waals surface area (Å²) in [7, 11) is 0. The molecule has 0 radical (unpaired) electrons. The second-order valence-corrected chi connectivity index (χ2v) is 6.60. The largest absolute Gasteiger partial charge is 0.444 e. The van der Waals surface area contributed by atoms with Gasteiger partial charge in [-0.15, -0.1) is 0 Å². The summed E-state index contributed by atoms with van der Waals surface area (Å²) in [6.45, 7) is 10.4. The van der Waals surface area contributed by atoms with Gasteiger partial charge >= 0.3 is 6.09 Å². The Morgan fingerprint density at radius 1 is 1.20 bits per heavy atom. The van der Waals surface area contributed by atoms with Gasteiger partial charge in [0.2, 0.25) is 0 Å². The number of carbonyl (C=O) groups is 1. The van der Waals surface area contributed by atoms with Gasteiger partial charge in [-0.2, -0.15) is 0 Å². The first-order valence-corrected chi connectivity index (χ1v) is 6.95. The lowest BCUT2D eigenvalue weighted by Gasteiger charge is -2.28. The molecular weight excluding hydrogens is 252 g/mol. The average Bonchev–Trinajstić information content (AvgIpc) is 2.26. The van der Waals surface area contributed by atoms with Crippen LogP contribution >= 0.6 is 0 Å². The van der Waals surface area contributed by atoms with E-state index in [1.807, 2.05) is 45.0 Å². The molecule has 0 spiro atoms. The predicted molar refractivity (Wildman–Crippen MR) is 83.0 cm³/mol. The Morgan fingerprint density at radius 2 is 1.80 bits per heavy atom. The highest BCUT2D eigenvalue weighted by molar-refractivity contribution is 5.86. The van der Waals surface area contributed by atoms with E-state index in [9.17, 15) is 4.79 Å². The van der Waals surface area contributed by atoms with Crippen molar-refractivity contribution in [1.29, 1.82) is 0 Å². The summed E-state index contributed by atoms with van der Waals surface area (Å²) in [5.74, 6) is 0. The number of rotatable bonds is 4. The third kappa shape index (κ3) is 4.85. The maximum atomic E-state index is 11.9. The van der Waals surface area contributed by atoms with E-state index in [1.165, 1.54) is 0 Å². The van der Waals surface area contributed by atoms with Gasteiger partial charge in [0, 0.05) is 5.69 Å². The van der Waals surface area contributed by atoms with Crippen molar-refractivity contribution in [3.63, 3.8) is 0 Å². The van der Waals surface area contributed by atoms with Crippen molar-refractivity contribution in [2.75, 3.05) is 11.9 Å². The smallest absolute Gasteiger partial charge is 0.412 e. The van der Waals surface area contributed by atoms with Crippen LogP contribution in [-0.4, -0.2) is 18.2 Å². The van der Waals surface area contributed by atoms with Crippen molar-refractivity contribution >= 4 is 11.8 Å². The van der Waals surface area contributed by atoms with Gasteiger partial charge in [0.1, 0.15) is 5.60 Å². The molecule has 0 fully saturated rings. The van der Waals surface area contributed by atoms with Gasteiger partial charge < -0.3 is 10.5 Å². The Balaban J connectivity index is 2.94. The second kappa shape index (κ2) is 6.27. The van der Waals surface area contributed by atoms with Gasteiger partial charge in [0.15, 0.2) is 0 Å². The number of anilines is 1. The molecule has 1 aromatic carbocycles. The fraction of sp³-hybridized carbons (Fsp3) is 0.562. The zero-order valence-corrected chi connectivity index (χ0v) is 13.1. The van der Waals surface area contributed by atoms with E-state index < -0.39 is 11.7 Å². The number of nitrogens with two attached hydrogens (primary N) is 1. The molecule has 4 nitrogen and oxygen atoms in total. The Bertz CT molecular complexity index is 462. The number of benzene rings is 1. The highest BCUT2D eigenvalue weighted by atomic mass is 16.6. The fourth-order valence-electron chi connectivity index (χ4n) is 2.09. The topological polar surface area (TPSA) is 64.3 Å². The maximum absolute atomic E-state index is 11.9. The van der Waals surface area contributed by atoms with E-state index in [4.69, 9.17) is 10.5 Å². The Morgan fingerprint density at radius 3 is 2.35 bits per heavy atom. The molecule has 0 unspecified atom stereocenters. The molecule has 0 bridgehead atoms. The van der Waals surface area contributed by atoms with Gasteiger partial charge in [-0.25, -0.2) is 4.79 Å². The third-order valence-corrected chi connectivity index (χ3v) is 3.06. The van der Waals surface area contributed by atoms with E-state index in [0.717, 1.165) is 17.7 Å². The molecule has 0 aliphatic carbocycles. The minimum absolute atomic E-state index is 0.0969. The van der Waals surface area contributed by atoms with Crippen molar-refractivity contribution in [2.24, 2.45) is 5.73 Å². The van der Waals surface area contributed by atoms with Crippen LogP contribution in [-0.2, 0) is 10.2 Å².